The first kappa shape index (κ1) is 24.0. The summed E-state index contributed by atoms with van der Waals surface area (Å²) in [6.07, 6.45) is 4.50. The van der Waals surface area contributed by atoms with Gasteiger partial charge in [-0.05, 0) is 55.9 Å². The Hall–Kier alpha value is -3.10. The van der Waals surface area contributed by atoms with E-state index in [0.717, 1.165) is 58.0 Å². The van der Waals surface area contributed by atoms with E-state index in [4.69, 9.17) is 21.1 Å². The fourth-order valence-electron chi connectivity index (χ4n) is 6.70. The van der Waals surface area contributed by atoms with Gasteiger partial charge in [-0.15, -0.1) is 11.3 Å². The van der Waals surface area contributed by atoms with Gasteiger partial charge in [0.15, 0.2) is 0 Å². The fourth-order valence-corrected chi connectivity index (χ4v) is 7.80. The summed E-state index contributed by atoms with van der Waals surface area (Å²) in [5, 5.41) is 4.64. The number of halogens is 1. The van der Waals surface area contributed by atoms with Crippen molar-refractivity contribution < 1.29 is 19.1 Å². The maximum absolute atomic E-state index is 14.0. The number of likely N-dealkylation sites (tertiary alicyclic amines) is 1. The molecule has 3 atom stereocenters. The Kier molecular flexibility index (Phi) is 5.85. The van der Waals surface area contributed by atoms with E-state index in [0.29, 0.717) is 54.1 Å². The van der Waals surface area contributed by atoms with Crippen molar-refractivity contribution in [3.05, 3.63) is 62.7 Å². The van der Waals surface area contributed by atoms with Gasteiger partial charge in [-0.1, -0.05) is 23.7 Å². The smallest absolute Gasteiger partial charge is 0.274 e. The van der Waals surface area contributed by atoms with Crippen LogP contribution in [0.2, 0.25) is 5.02 Å². The minimum atomic E-state index is -0.148. The molecule has 4 heterocycles. The van der Waals surface area contributed by atoms with Crippen molar-refractivity contribution in [1.82, 2.24) is 15.2 Å². The molecule has 1 N–H and O–H groups in total. The number of ether oxygens (including phenoxy) is 2. The highest BCUT2D eigenvalue weighted by Crippen LogP contribution is 2.45. The lowest BCUT2D eigenvalue weighted by molar-refractivity contribution is 0.0577. The molecule has 1 saturated carbocycles. The molecular formula is C29H28ClN3O4S. The highest BCUT2D eigenvalue weighted by Gasteiger charge is 2.49. The first-order chi connectivity index (χ1) is 18.5. The summed E-state index contributed by atoms with van der Waals surface area (Å²) in [4.78, 5) is 35.1. The molecule has 4 aliphatic rings. The number of nitrogens with zero attached hydrogens (tertiary/aromatic N) is 2. The van der Waals surface area contributed by atoms with Gasteiger partial charge in [-0.2, -0.15) is 0 Å². The van der Waals surface area contributed by atoms with E-state index in [1.807, 2.05) is 42.2 Å². The monoisotopic (exact) mass is 549 g/mol. The molecule has 2 aromatic carbocycles. The number of fused-ring (bicyclic) bond motifs is 4. The van der Waals surface area contributed by atoms with E-state index >= 15 is 0 Å². The second kappa shape index (κ2) is 9.27. The van der Waals surface area contributed by atoms with Gasteiger partial charge >= 0.3 is 0 Å². The lowest BCUT2D eigenvalue weighted by Crippen LogP contribution is -2.50. The van der Waals surface area contributed by atoms with Crippen molar-refractivity contribution in [2.45, 2.75) is 51.1 Å². The number of aryl methyl sites for hydroxylation is 1. The number of benzene rings is 2. The molecule has 0 radical (unpaired) electrons. The van der Waals surface area contributed by atoms with Gasteiger partial charge in [0.1, 0.15) is 17.2 Å². The summed E-state index contributed by atoms with van der Waals surface area (Å²) in [7, 11) is 0. The Morgan fingerprint density at radius 2 is 2.05 bits per heavy atom. The standard InChI is InChI=1S/C29H28ClN3O4S/c1-15-32-25(27(38-15)18-3-2-4-19(30)11-18)29(35)33-20-6-5-16(12-20)22(33)14-31-28(34)24-21-8-10-36-23(21)13-17-7-9-37-26(17)24/h2-4,11,13,16,20,22H,5-10,12,14H2,1H3,(H,31,34)/t16-,20+,22+/m0/s1. The maximum Gasteiger partial charge on any atom is 0.274 e. The van der Waals surface area contributed by atoms with Crippen molar-refractivity contribution in [3.8, 4) is 21.9 Å². The molecule has 0 spiro atoms. The summed E-state index contributed by atoms with van der Waals surface area (Å²) in [5.74, 6) is 1.64. The van der Waals surface area contributed by atoms with Crippen LogP contribution in [-0.2, 0) is 12.8 Å². The molecule has 2 fully saturated rings. The highest BCUT2D eigenvalue weighted by molar-refractivity contribution is 7.15. The second-order valence-corrected chi connectivity index (χ2v) is 12.2. The summed E-state index contributed by atoms with van der Waals surface area (Å²) in [6, 6.07) is 9.68. The average Bonchev–Trinajstić information content (AvgIpc) is 3.73. The predicted octanol–water partition coefficient (Wildman–Crippen LogP) is 5.06. The second-order valence-electron chi connectivity index (χ2n) is 10.6. The summed E-state index contributed by atoms with van der Waals surface area (Å²) < 4.78 is 11.7. The van der Waals surface area contributed by atoms with Crippen molar-refractivity contribution in [2.75, 3.05) is 19.8 Å². The molecule has 2 amide bonds. The van der Waals surface area contributed by atoms with Gasteiger partial charge in [0, 0.05) is 41.6 Å². The number of aromatic nitrogens is 1. The number of thiazole rings is 1. The van der Waals surface area contributed by atoms with Gasteiger partial charge in [0.05, 0.1) is 34.7 Å². The van der Waals surface area contributed by atoms with E-state index < -0.39 is 0 Å². The molecule has 1 aromatic heterocycles. The van der Waals surface area contributed by atoms with Gasteiger partial charge in [-0.25, -0.2) is 4.98 Å². The molecule has 2 bridgehead atoms. The zero-order chi connectivity index (χ0) is 26.0. The quantitative estimate of drug-likeness (QED) is 0.481. The number of piperidine rings is 1. The Balaban J connectivity index is 1.16. The molecule has 0 unspecified atom stereocenters. The Bertz CT molecular complexity index is 1440. The van der Waals surface area contributed by atoms with Crippen LogP contribution >= 0.6 is 22.9 Å². The van der Waals surface area contributed by atoms with Crippen LogP contribution in [0, 0.1) is 12.8 Å². The van der Waals surface area contributed by atoms with E-state index in [1.54, 1.807) is 0 Å². The van der Waals surface area contributed by atoms with Crippen molar-refractivity contribution in [2.24, 2.45) is 5.92 Å². The maximum atomic E-state index is 14.0. The van der Waals surface area contributed by atoms with Crippen LogP contribution in [0.1, 0.15) is 56.2 Å². The molecule has 196 valence electrons. The van der Waals surface area contributed by atoms with Gasteiger partial charge in [0.25, 0.3) is 11.8 Å². The summed E-state index contributed by atoms with van der Waals surface area (Å²) in [5.41, 5.74) is 3.93. The highest BCUT2D eigenvalue weighted by atomic mass is 35.5. The number of carbonyl (C=O) groups excluding carboxylic acids is 2. The van der Waals surface area contributed by atoms with Crippen LogP contribution in [0.15, 0.2) is 30.3 Å². The predicted molar refractivity (Wildman–Crippen MR) is 146 cm³/mol. The molecule has 1 saturated heterocycles. The number of rotatable bonds is 5. The lowest BCUT2D eigenvalue weighted by Gasteiger charge is -2.35. The first-order valence-corrected chi connectivity index (χ1v) is 14.5. The molecule has 38 heavy (non-hydrogen) atoms. The van der Waals surface area contributed by atoms with E-state index in [-0.39, 0.29) is 23.9 Å². The number of hydrogen-bond donors (Lipinski definition) is 1. The normalized spacial score (nSPS) is 22.7. The van der Waals surface area contributed by atoms with Gasteiger partial charge in [0.2, 0.25) is 0 Å². The van der Waals surface area contributed by atoms with Crippen LogP contribution < -0.4 is 14.8 Å². The zero-order valence-electron chi connectivity index (χ0n) is 21.1. The third kappa shape index (κ3) is 3.88. The topological polar surface area (TPSA) is 80.8 Å². The molecule has 7 nitrogen and oxygen atoms in total. The molecule has 1 aliphatic carbocycles. The van der Waals surface area contributed by atoms with Gasteiger partial charge < -0.3 is 19.7 Å². The molecule has 9 heteroatoms. The fraction of sp³-hybridized carbons (Fsp3) is 0.414. The van der Waals surface area contributed by atoms with E-state index in [9.17, 15) is 9.59 Å². The molecule has 3 aromatic rings. The Morgan fingerprint density at radius 3 is 2.92 bits per heavy atom. The SMILES string of the molecule is Cc1nc(C(=O)N2[C@@H]3CC[C@@H](C3)[C@H]2CNC(=O)c2c3c(cc4c2OCC4)OCC3)c(-c2cccc(Cl)c2)s1. The minimum absolute atomic E-state index is 0.0611. The zero-order valence-corrected chi connectivity index (χ0v) is 22.7. The van der Waals surface area contributed by atoms with E-state index in [1.165, 1.54) is 11.3 Å². The average molecular weight is 550 g/mol. The Labute approximate surface area is 230 Å². The van der Waals surface area contributed by atoms with E-state index in [2.05, 4.69) is 10.3 Å². The van der Waals surface area contributed by atoms with Crippen LogP contribution in [0.5, 0.6) is 11.5 Å². The molecule has 3 aliphatic heterocycles. The summed E-state index contributed by atoms with van der Waals surface area (Å²) in [6.45, 7) is 3.48. The third-order valence-corrected chi connectivity index (χ3v) is 9.60. The minimum Gasteiger partial charge on any atom is -0.493 e. The molecular weight excluding hydrogens is 522 g/mol. The largest absolute Gasteiger partial charge is 0.493 e. The third-order valence-electron chi connectivity index (χ3n) is 8.35. The number of nitrogens with one attached hydrogen (secondary N) is 1. The van der Waals surface area contributed by atoms with Crippen LogP contribution in [0.25, 0.3) is 10.4 Å². The van der Waals surface area contributed by atoms with Crippen LogP contribution in [-0.4, -0.2) is 53.5 Å². The van der Waals surface area contributed by atoms with Crippen LogP contribution in [0.4, 0.5) is 0 Å². The van der Waals surface area contributed by atoms with Crippen LogP contribution in [0.3, 0.4) is 0 Å². The molecule has 7 rings (SSSR count). The van der Waals surface area contributed by atoms with Crippen molar-refractivity contribution >= 4 is 34.8 Å². The van der Waals surface area contributed by atoms with Crippen molar-refractivity contribution in [1.29, 1.82) is 0 Å². The number of hydrogen-bond acceptors (Lipinski definition) is 6. The lowest BCUT2D eigenvalue weighted by atomic mass is 9.96. The summed E-state index contributed by atoms with van der Waals surface area (Å²) >= 11 is 7.77. The van der Waals surface area contributed by atoms with Crippen molar-refractivity contribution in [3.63, 3.8) is 0 Å². The number of amides is 2. The Morgan fingerprint density at radius 1 is 1.18 bits per heavy atom. The first-order valence-electron chi connectivity index (χ1n) is 13.3. The number of carbonyl (C=O) groups is 2. The van der Waals surface area contributed by atoms with Gasteiger partial charge in [-0.3, -0.25) is 9.59 Å².